The van der Waals surface area contributed by atoms with E-state index < -0.39 is 5.91 Å². The molecule has 2 aliphatic rings. The largest absolute Gasteiger partial charge is 0.382 e. The third-order valence-electron chi connectivity index (χ3n) is 5.53. The number of nitrogens with zero attached hydrogens (tertiary/aromatic N) is 4. The molecule has 0 aliphatic carbocycles. The minimum absolute atomic E-state index is 0.0228. The highest BCUT2D eigenvalue weighted by atomic mass is 35.5. The highest BCUT2D eigenvalue weighted by molar-refractivity contribution is 6.31. The summed E-state index contributed by atoms with van der Waals surface area (Å²) in [6.45, 7) is 1.68. The molecule has 0 saturated carbocycles. The smallest absolute Gasteiger partial charge is 0.280 e. The van der Waals surface area contributed by atoms with Crippen LogP contribution in [0.5, 0.6) is 0 Å². The molecule has 166 valence electrons. The molecule has 3 heterocycles. The van der Waals surface area contributed by atoms with Crippen LogP contribution in [0.25, 0.3) is 6.08 Å². The van der Waals surface area contributed by atoms with Crippen LogP contribution in [0.15, 0.2) is 41.4 Å². The fraction of sp³-hybridized carbons (Fsp3) is 0.286. The Balaban J connectivity index is 1.31. The molecule has 10 nitrogen and oxygen atoms in total. The highest BCUT2D eigenvalue weighted by Crippen LogP contribution is 2.26. The predicted octanol–water partition coefficient (Wildman–Crippen LogP) is 1.06. The summed E-state index contributed by atoms with van der Waals surface area (Å²) in [5.74, 6) is -0.443. The summed E-state index contributed by atoms with van der Waals surface area (Å²) in [5, 5.41) is 5.84. The standard InChI is InChI=1S/C21H23ClN8O2/c22-16-18(24)27-17(23)15(26-16)19(32)28-20-25-12-21(29-20)8-10-30(11-9-21)14(31)7-6-13-4-2-1-3-5-13/h1-7H,8-12H2,(H4,23,24,27)(H2,25,28,29,32)/b7-6+. The monoisotopic (exact) mass is 454 g/mol. The van der Waals surface area contributed by atoms with Crippen LogP contribution >= 0.6 is 11.6 Å². The molecule has 32 heavy (non-hydrogen) atoms. The number of aromatic nitrogens is 2. The van der Waals surface area contributed by atoms with E-state index in [9.17, 15) is 9.59 Å². The van der Waals surface area contributed by atoms with Gasteiger partial charge in [0.15, 0.2) is 28.4 Å². The van der Waals surface area contributed by atoms with Gasteiger partial charge in [0, 0.05) is 19.2 Å². The SMILES string of the molecule is Nc1nc(N)c(C(=O)NC2=NCC3(CCN(C(=O)/C=C/c4ccccc4)CC3)N2)nc1Cl. The lowest BCUT2D eigenvalue weighted by Gasteiger charge is -2.38. The average Bonchev–Trinajstić information content (AvgIpc) is 3.17. The molecule has 0 bridgehead atoms. The average molecular weight is 455 g/mol. The first kappa shape index (κ1) is 21.6. The van der Waals surface area contributed by atoms with Gasteiger partial charge in [-0.05, 0) is 24.5 Å². The molecular formula is C21H23ClN8O2. The number of hydrogen-bond donors (Lipinski definition) is 4. The van der Waals surface area contributed by atoms with Gasteiger partial charge in [0.05, 0.1) is 12.1 Å². The minimum Gasteiger partial charge on any atom is -0.382 e. The van der Waals surface area contributed by atoms with Crippen LogP contribution in [-0.4, -0.2) is 57.8 Å². The molecule has 0 radical (unpaired) electrons. The van der Waals surface area contributed by atoms with Crippen LogP contribution in [0.4, 0.5) is 11.6 Å². The van der Waals surface area contributed by atoms with Crippen molar-refractivity contribution in [1.29, 1.82) is 0 Å². The quantitative estimate of drug-likeness (QED) is 0.506. The maximum absolute atomic E-state index is 12.5. The van der Waals surface area contributed by atoms with Crippen molar-refractivity contribution in [2.75, 3.05) is 31.1 Å². The summed E-state index contributed by atoms with van der Waals surface area (Å²) < 4.78 is 0. The van der Waals surface area contributed by atoms with Crippen LogP contribution in [0.2, 0.25) is 5.15 Å². The van der Waals surface area contributed by atoms with Crippen molar-refractivity contribution in [2.24, 2.45) is 4.99 Å². The number of amides is 2. The molecule has 2 amide bonds. The molecule has 6 N–H and O–H groups in total. The van der Waals surface area contributed by atoms with Gasteiger partial charge in [-0.3, -0.25) is 19.9 Å². The lowest BCUT2D eigenvalue weighted by molar-refractivity contribution is -0.127. The van der Waals surface area contributed by atoms with Crippen molar-refractivity contribution in [1.82, 2.24) is 25.5 Å². The third-order valence-corrected chi connectivity index (χ3v) is 5.80. The fourth-order valence-electron chi connectivity index (χ4n) is 3.68. The fourth-order valence-corrected chi connectivity index (χ4v) is 3.81. The topological polar surface area (TPSA) is 152 Å². The Hall–Kier alpha value is -3.66. The molecule has 0 unspecified atom stereocenters. The van der Waals surface area contributed by atoms with Gasteiger partial charge < -0.3 is 21.7 Å². The highest BCUT2D eigenvalue weighted by Gasteiger charge is 2.40. The number of nitrogens with one attached hydrogen (secondary N) is 2. The number of halogens is 1. The van der Waals surface area contributed by atoms with Crippen LogP contribution < -0.4 is 22.1 Å². The maximum atomic E-state index is 12.5. The molecular weight excluding hydrogens is 432 g/mol. The summed E-state index contributed by atoms with van der Waals surface area (Å²) in [6.07, 6.45) is 4.82. The van der Waals surface area contributed by atoms with Crippen LogP contribution in [0.1, 0.15) is 28.9 Å². The second-order valence-electron chi connectivity index (χ2n) is 7.73. The minimum atomic E-state index is -0.584. The second kappa shape index (κ2) is 8.83. The number of rotatable bonds is 3. The second-order valence-corrected chi connectivity index (χ2v) is 8.09. The molecule has 1 spiro atoms. The Kier molecular flexibility index (Phi) is 5.95. The van der Waals surface area contributed by atoms with E-state index in [1.165, 1.54) is 0 Å². The van der Waals surface area contributed by atoms with E-state index in [-0.39, 0.29) is 33.9 Å². The predicted molar refractivity (Wildman–Crippen MR) is 123 cm³/mol. The van der Waals surface area contributed by atoms with Crippen molar-refractivity contribution in [3.8, 4) is 0 Å². The van der Waals surface area contributed by atoms with Gasteiger partial charge in [-0.15, -0.1) is 0 Å². The molecule has 2 aromatic rings. The number of aliphatic imine (C=N–C) groups is 1. The lowest BCUT2D eigenvalue weighted by atomic mass is 9.88. The van der Waals surface area contributed by atoms with Crippen LogP contribution in [0.3, 0.4) is 0 Å². The van der Waals surface area contributed by atoms with Gasteiger partial charge in [0.25, 0.3) is 5.91 Å². The summed E-state index contributed by atoms with van der Waals surface area (Å²) >= 11 is 5.84. The summed E-state index contributed by atoms with van der Waals surface area (Å²) in [7, 11) is 0. The zero-order valence-electron chi connectivity index (χ0n) is 17.2. The molecule has 1 aromatic heterocycles. The van der Waals surface area contributed by atoms with Crippen LogP contribution in [0, 0.1) is 0 Å². The Morgan fingerprint density at radius 3 is 2.56 bits per heavy atom. The van der Waals surface area contributed by atoms with Crippen molar-refractivity contribution in [3.05, 3.63) is 52.8 Å². The molecule has 1 fully saturated rings. The first-order valence-corrected chi connectivity index (χ1v) is 10.5. The van der Waals surface area contributed by atoms with E-state index in [0.717, 1.165) is 5.56 Å². The third kappa shape index (κ3) is 4.65. The first-order chi connectivity index (χ1) is 15.3. The Bertz CT molecular complexity index is 1090. The van der Waals surface area contributed by atoms with Gasteiger partial charge in [-0.1, -0.05) is 41.9 Å². The van der Waals surface area contributed by atoms with E-state index in [1.807, 2.05) is 41.3 Å². The molecule has 0 atom stereocenters. The van der Waals surface area contributed by atoms with Crippen molar-refractivity contribution in [2.45, 2.75) is 18.4 Å². The van der Waals surface area contributed by atoms with E-state index in [0.29, 0.717) is 38.4 Å². The lowest BCUT2D eigenvalue weighted by Crippen LogP contribution is -2.56. The van der Waals surface area contributed by atoms with E-state index >= 15 is 0 Å². The zero-order valence-corrected chi connectivity index (χ0v) is 18.0. The van der Waals surface area contributed by atoms with Gasteiger partial charge in [-0.25, -0.2) is 9.97 Å². The number of carbonyl (C=O) groups excluding carboxylic acids is 2. The Morgan fingerprint density at radius 2 is 1.84 bits per heavy atom. The zero-order chi connectivity index (χ0) is 22.7. The maximum Gasteiger partial charge on any atom is 0.280 e. The number of anilines is 2. The molecule has 2 aliphatic heterocycles. The normalized spacial score (nSPS) is 17.3. The summed E-state index contributed by atoms with van der Waals surface area (Å²) in [4.78, 5) is 38.9. The summed E-state index contributed by atoms with van der Waals surface area (Å²) in [6, 6.07) is 9.69. The van der Waals surface area contributed by atoms with Gasteiger partial charge in [0.2, 0.25) is 5.91 Å². The Morgan fingerprint density at radius 1 is 1.12 bits per heavy atom. The number of benzene rings is 1. The number of hydrogen-bond acceptors (Lipinski definition) is 8. The van der Waals surface area contributed by atoms with E-state index in [4.69, 9.17) is 23.1 Å². The van der Waals surface area contributed by atoms with Crippen molar-refractivity contribution >= 4 is 47.1 Å². The molecule has 1 aromatic carbocycles. The number of carbonyl (C=O) groups is 2. The number of nitrogens with two attached hydrogens (primary N) is 2. The van der Waals surface area contributed by atoms with Gasteiger partial charge >= 0.3 is 0 Å². The van der Waals surface area contributed by atoms with E-state index in [2.05, 4.69) is 25.6 Å². The Labute approximate surface area is 189 Å². The summed E-state index contributed by atoms with van der Waals surface area (Å²) in [5.41, 5.74) is 11.8. The number of piperidine rings is 1. The molecule has 4 rings (SSSR count). The van der Waals surface area contributed by atoms with Gasteiger partial charge in [0.1, 0.15) is 0 Å². The molecule has 11 heteroatoms. The van der Waals surface area contributed by atoms with Crippen molar-refractivity contribution in [3.63, 3.8) is 0 Å². The van der Waals surface area contributed by atoms with E-state index in [1.54, 1.807) is 6.08 Å². The van der Waals surface area contributed by atoms with Crippen LogP contribution in [-0.2, 0) is 4.79 Å². The first-order valence-electron chi connectivity index (χ1n) is 10.1. The number of nitrogen functional groups attached to an aromatic ring is 2. The molecule has 1 saturated heterocycles. The number of likely N-dealkylation sites (tertiary alicyclic amines) is 1. The van der Waals surface area contributed by atoms with Gasteiger partial charge in [-0.2, -0.15) is 0 Å². The van der Waals surface area contributed by atoms with Crippen molar-refractivity contribution < 1.29 is 9.59 Å². The number of guanidine groups is 1.